The smallest absolute Gasteiger partial charge is 0.342 e. The van der Waals surface area contributed by atoms with E-state index in [2.05, 4.69) is 33.2 Å². The molecule has 1 aliphatic rings. The molecule has 0 aliphatic carbocycles. The van der Waals surface area contributed by atoms with E-state index in [9.17, 15) is 4.79 Å². The first-order valence-corrected chi connectivity index (χ1v) is 12.8. The number of aryl methyl sites for hydroxylation is 1. The van der Waals surface area contributed by atoms with E-state index in [4.69, 9.17) is 14.5 Å². The van der Waals surface area contributed by atoms with Crippen molar-refractivity contribution in [2.45, 2.75) is 20.0 Å². The van der Waals surface area contributed by atoms with Gasteiger partial charge in [-0.3, -0.25) is 0 Å². The number of benzene rings is 2. The lowest BCUT2D eigenvalue weighted by Gasteiger charge is -2.34. The number of esters is 1. The summed E-state index contributed by atoms with van der Waals surface area (Å²) >= 11 is 0. The summed E-state index contributed by atoms with van der Waals surface area (Å²) in [6.45, 7) is 7.64. The largest absolute Gasteiger partial charge is 0.494 e. The minimum absolute atomic E-state index is 0.260. The van der Waals surface area contributed by atoms with Crippen LogP contribution in [0.3, 0.4) is 0 Å². The van der Waals surface area contributed by atoms with E-state index >= 15 is 0 Å². The zero-order valence-electron chi connectivity index (χ0n) is 22.6. The molecule has 1 aliphatic heterocycles. The molecule has 2 aromatic heterocycles. The van der Waals surface area contributed by atoms with Gasteiger partial charge >= 0.3 is 5.97 Å². The SMILES string of the molecule is COc1cc(N2CCN(C)CC2)ccc1Nc1ncc(C(=O)OC(C)C)c(-c2cn(C)c3ccccc23)n1. The number of nitrogens with one attached hydrogen (secondary N) is 1. The van der Waals surface area contributed by atoms with Crippen LogP contribution in [-0.2, 0) is 11.8 Å². The zero-order valence-corrected chi connectivity index (χ0v) is 22.6. The monoisotopic (exact) mass is 514 g/mol. The van der Waals surface area contributed by atoms with E-state index < -0.39 is 5.97 Å². The highest BCUT2D eigenvalue weighted by atomic mass is 16.5. The molecule has 5 rings (SSSR count). The third kappa shape index (κ3) is 5.15. The topological polar surface area (TPSA) is 84.8 Å². The van der Waals surface area contributed by atoms with Crippen molar-refractivity contribution in [2.24, 2.45) is 7.05 Å². The fraction of sp³-hybridized carbons (Fsp3) is 0.345. The van der Waals surface area contributed by atoms with Crippen LogP contribution in [-0.4, -0.2) is 71.8 Å². The molecule has 0 saturated carbocycles. The molecule has 1 saturated heterocycles. The van der Waals surface area contributed by atoms with Gasteiger partial charge in [-0.2, -0.15) is 0 Å². The number of carbonyl (C=O) groups is 1. The van der Waals surface area contributed by atoms with E-state index in [1.807, 2.05) is 68.1 Å². The van der Waals surface area contributed by atoms with Gasteiger partial charge in [0, 0.05) is 73.8 Å². The molecule has 0 radical (unpaired) electrons. The van der Waals surface area contributed by atoms with Crippen molar-refractivity contribution in [3.8, 4) is 17.0 Å². The maximum absolute atomic E-state index is 13.0. The number of hydrogen-bond acceptors (Lipinski definition) is 8. The Morgan fingerprint density at radius 2 is 1.82 bits per heavy atom. The first kappa shape index (κ1) is 25.5. The van der Waals surface area contributed by atoms with Crippen LogP contribution in [0.5, 0.6) is 5.75 Å². The molecule has 1 fully saturated rings. The molecule has 0 bridgehead atoms. The van der Waals surface area contributed by atoms with Crippen molar-refractivity contribution >= 4 is 34.2 Å². The summed E-state index contributed by atoms with van der Waals surface area (Å²) in [7, 11) is 5.78. The predicted octanol–water partition coefficient (Wildman–Crippen LogP) is 4.70. The first-order valence-electron chi connectivity index (χ1n) is 12.8. The van der Waals surface area contributed by atoms with Crippen LogP contribution in [0.25, 0.3) is 22.2 Å². The summed E-state index contributed by atoms with van der Waals surface area (Å²) in [4.78, 5) is 27.0. The Labute approximate surface area is 223 Å². The van der Waals surface area contributed by atoms with E-state index in [1.54, 1.807) is 7.11 Å². The highest BCUT2D eigenvalue weighted by molar-refractivity contribution is 6.03. The van der Waals surface area contributed by atoms with Crippen molar-refractivity contribution in [3.63, 3.8) is 0 Å². The summed E-state index contributed by atoms with van der Waals surface area (Å²) < 4.78 is 13.3. The molecule has 38 heavy (non-hydrogen) atoms. The van der Waals surface area contributed by atoms with E-state index in [1.165, 1.54) is 6.20 Å². The van der Waals surface area contributed by atoms with Gasteiger partial charge in [0.25, 0.3) is 0 Å². The molecular weight excluding hydrogens is 480 g/mol. The van der Waals surface area contributed by atoms with E-state index in [0.29, 0.717) is 23.0 Å². The molecular formula is C29H34N6O3. The molecule has 0 unspecified atom stereocenters. The standard InChI is InChI=1S/C29H34N6O3/c1-19(2)38-28(36)22-17-30-29(32-27(22)23-18-34(4)25-9-7-6-8-21(23)25)31-24-11-10-20(16-26(24)37-5)35-14-12-33(3)13-15-35/h6-11,16-19H,12-15H2,1-5H3,(H,30,31,32). The Bertz CT molecular complexity index is 1460. The number of rotatable bonds is 7. The number of aromatic nitrogens is 3. The minimum atomic E-state index is -0.455. The lowest BCUT2D eigenvalue weighted by atomic mass is 10.1. The fourth-order valence-corrected chi connectivity index (χ4v) is 4.77. The Balaban J connectivity index is 1.52. The lowest BCUT2D eigenvalue weighted by Crippen LogP contribution is -2.44. The zero-order chi connectivity index (χ0) is 26.8. The number of carbonyl (C=O) groups excluding carboxylic acids is 1. The van der Waals surface area contributed by atoms with Gasteiger partial charge in [-0.25, -0.2) is 14.8 Å². The molecule has 2 aromatic carbocycles. The van der Waals surface area contributed by atoms with E-state index in [0.717, 1.165) is 54.0 Å². The van der Waals surface area contributed by atoms with Crippen molar-refractivity contribution in [1.29, 1.82) is 0 Å². The molecule has 0 amide bonds. The molecule has 1 N–H and O–H groups in total. The maximum Gasteiger partial charge on any atom is 0.342 e. The number of ether oxygens (including phenoxy) is 2. The van der Waals surface area contributed by atoms with Gasteiger partial charge in [0.05, 0.1) is 24.6 Å². The number of para-hydroxylation sites is 1. The molecule has 0 spiro atoms. The number of piperazine rings is 1. The predicted molar refractivity (Wildman–Crippen MR) is 150 cm³/mol. The quantitative estimate of drug-likeness (QED) is 0.355. The summed E-state index contributed by atoms with van der Waals surface area (Å²) in [5.41, 5.74) is 4.56. The Hall–Kier alpha value is -4.11. The van der Waals surface area contributed by atoms with Crippen molar-refractivity contribution in [2.75, 3.05) is 50.6 Å². The summed E-state index contributed by atoms with van der Waals surface area (Å²) in [5.74, 6) is 0.600. The van der Waals surface area contributed by atoms with Gasteiger partial charge in [-0.05, 0) is 39.1 Å². The van der Waals surface area contributed by atoms with Crippen LogP contribution in [0.4, 0.5) is 17.3 Å². The number of nitrogens with zero attached hydrogens (tertiary/aromatic N) is 5. The summed E-state index contributed by atoms with van der Waals surface area (Å²) in [5, 5.41) is 4.29. The fourth-order valence-electron chi connectivity index (χ4n) is 4.77. The van der Waals surface area contributed by atoms with Crippen LogP contribution in [0, 0.1) is 0 Å². The van der Waals surface area contributed by atoms with Gasteiger partial charge < -0.3 is 29.2 Å². The third-order valence-electron chi connectivity index (χ3n) is 6.80. The number of methoxy groups -OCH3 is 1. The number of hydrogen-bond donors (Lipinski definition) is 1. The Morgan fingerprint density at radius 1 is 1.05 bits per heavy atom. The Kier molecular flexibility index (Phi) is 7.20. The van der Waals surface area contributed by atoms with Crippen LogP contribution in [0.2, 0.25) is 0 Å². The minimum Gasteiger partial charge on any atom is -0.494 e. The highest BCUT2D eigenvalue weighted by Crippen LogP contribution is 2.35. The molecule has 9 heteroatoms. The average molecular weight is 515 g/mol. The molecule has 198 valence electrons. The number of anilines is 3. The summed E-state index contributed by atoms with van der Waals surface area (Å²) in [6.07, 6.45) is 3.25. The lowest BCUT2D eigenvalue weighted by molar-refractivity contribution is 0.0378. The first-order chi connectivity index (χ1) is 18.3. The van der Waals surface area contributed by atoms with Gasteiger partial charge in [0.2, 0.25) is 5.95 Å². The molecule has 3 heterocycles. The maximum atomic E-state index is 13.0. The van der Waals surface area contributed by atoms with Crippen molar-refractivity contribution in [1.82, 2.24) is 19.4 Å². The van der Waals surface area contributed by atoms with Gasteiger partial charge in [-0.1, -0.05) is 18.2 Å². The molecule has 4 aromatic rings. The highest BCUT2D eigenvalue weighted by Gasteiger charge is 2.22. The van der Waals surface area contributed by atoms with Gasteiger partial charge in [0.15, 0.2) is 0 Å². The van der Waals surface area contributed by atoms with Gasteiger partial charge in [-0.15, -0.1) is 0 Å². The average Bonchev–Trinajstić information content (AvgIpc) is 3.25. The van der Waals surface area contributed by atoms with Crippen molar-refractivity contribution in [3.05, 3.63) is 60.4 Å². The van der Waals surface area contributed by atoms with E-state index in [-0.39, 0.29) is 6.10 Å². The second-order valence-electron chi connectivity index (χ2n) is 9.88. The Morgan fingerprint density at radius 3 is 2.55 bits per heavy atom. The van der Waals surface area contributed by atoms with Crippen LogP contribution >= 0.6 is 0 Å². The normalized spacial score (nSPS) is 14.2. The number of likely N-dealkylation sites (N-methyl/N-ethyl adjacent to an activating group) is 1. The molecule has 0 atom stereocenters. The second-order valence-corrected chi connectivity index (χ2v) is 9.88. The van der Waals surface area contributed by atoms with Crippen molar-refractivity contribution < 1.29 is 14.3 Å². The third-order valence-corrected chi connectivity index (χ3v) is 6.80. The summed E-state index contributed by atoms with van der Waals surface area (Å²) in [6, 6.07) is 14.1. The van der Waals surface area contributed by atoms with Crippen LogP contribution < -0.4 is 15.0 Å². The van der Waals surface area contributed by atoms with Crippen LogP contribution in [0.1, 0.15) is 24.2 Å². The van der Waals surface area contributed by atoms with Crippen LogP contribution in [0.15, 0.2) is 54.9 Å². The molecule has 9 nitrogen and oxygen atoms in total. The van der Waals surface area contributed by atoms with Gasteiger partial charge in [0.1, 0.15) is 11.3 Å². The second kappa shape index (κ2) is 10.7. The number of fused-ring (bicyclic) bond motifs is 1.